The fourth-order valence-electron chi connectivity index (χ4n) is 1.57. The van der Waals surface area contributed by atoms with Crippen molar-refractivity contribution in [1.29, 1.82) is 0 Å². The highest BCUT2D eigenvalue weighted by molar-refractivity contribution is 14.1. The topological polar surface area (TPSA) is 22.1 Å². The number of halogens is 7. The molecule has 22 heavy (non-hydrogen) atoms. The standard InChI is InChI=1S/C13H6ClF5INO/c1-5-9(3-2-7(15)10(5)16)22-12-8(20)4-6(14)11(21-12)13(17,18)19/h2-4H,1H3. The van der Waals surface area contributed by atoms with Crippen LogP contribution < -0.4 is 4.74 Å². The summed E-state index contributed by atoms with van der Waals surface area (Å²) >= 11 is 7.19. The van der Waals surface area contributed by atoms with Crippen LogP contribution in [0.25, 0.3) is 0 Å². The third-order valence-electron chi connectivity index (χ3n) is 2.66. The Morgan fingerprint density at radius 3 is 2.45 bits per heavy atom. The zero-order valence-corrected chi connectivity index (χ0v) is 13.6. The smallest absolute Gasteiger partial charge is 0.434 e. The average Bonchev–Trinajstić information content (AvgIpc) is 2.40. The van der Waals surface area contributed by atoms with E-state index in [4.69, 9.17) is 16.3 Å². The van der Waals surface area contributed by atoms with Gasteiger partial charge in [0.05, 0.1) is 8.59 Å². The number of aromatic nitrogens is 1. The largest absolute Gasteiger partial charge is 0.438 e. The van der Waals surface area contributed by atoms with Gasteiger partial charge in [-0.25, -0.2) is 13.8 Å². The van der Waals surface area contributed by atoms with Crippen molar-refractivity contribution in [3.63, 3.8) is 0 Å². The molecule has 0 aliphatic heterocycles. The van der Waals surface area contributed by atoms with Crippen LogP contribution in [0.3, 0.4) is 0 Å². The molecule has 0 fully saturated rings. The van der Waals surface area contributed by atoms with Gasteiger partial charge in [0, 0.05) is 5.56 Å². The Hall–Kier alpha value is -1.16. The molecule has 0 N–H and O–H groups in total. The number of rotatable bonds is 2. The zero-order valence-electron chi connectivity index (χ0n) is 10.7. The van der Waals surface area contributed by atoms with Gasteiger partial charge in [0.15, 0.2) is 17.3 Å². The Labute approximate surface area is 140 Å². The number of hydrogen-bond acceptors (Lipinski definition) is 2. The van der Waals surface area contributed by atoms with Crippen molar-refractivity contribution < 1.29 is 26.7 Å². The number of nitrogens with zero attached hydrogens (tertiary/aromatic N) is 1. The molecule has 0 atom stereocenters. The Kier molecular flexibility index (Phi) is 4.81. The van der Waals surface area contributed by atoms with Crippen LogP contribution in [-0.2, 0) is 6.18 Å². The van der Waals surface area contributed by atoms with Gasteiger partial charge in [0.2, 0.25) is 5.88 Å². The maximum atomic E-state index is 13.4. The minimum Gasteiger partial charge on any atom is -0.438 e. The van der Waals surface area contributed by atoms with Crippen molar-refractivity contribution in [2.24, 2.45) is 0 Å². The van der Waals surface area contributed by atoms with E-state index in [0.29, 0.717) is 0 Å². The summed E-state index contributed by atoms with van der Waals surface area (Å²) in [6.07, 6.45) is -4.76. The Balaban J connectivity index is 2.49. The van der Waals surface area contributed by atoms with Crippen LogP contribution in [0.2, 0.25) is 5.02 Å². The highest BCUT2D eigenvalue weighted by Gasteiger charge is 2.36. The van der Waals surface area contributed by atoms with Crippen LogP contribution in [0.4, 0.5) is 22.0 Å². The number of ether oxygens (including phenoxy) is 1. The molecule has 0 saturated heterocycles. The molecule has 2 nitrogen and oxygen atoms in total. The van der Waals surface area contributed by atoms with E-state index >= 15 is 0 Å². The fourth-order valence-corrected chi connectivity index (χ4v) is 2.55. The third-order valence-corrected chi connectivity index (χ3v) is 3.72. The van der Waals surface area contributed by atoms with Crippen molar-refractivity contribution in [1.82, 2.24) is 4.98 Å². The number of benzene rings is 1. The van der Waals surface area contributed by atoms with Gasteiger partial charge in [-0.05, 0) is 47.7 Å². The predicted molar refractivity (Wildman–Crippen MR) is 78.1 cm³/mol. The Morgan fingerprint density at radius 1 is 1.23 bits per heavy atom. The second-order valence-electron chi connectivity index (χ2n) is 4.19. The van der Waals surface area contributed by atoms with Gasteiger partial charge in [-0.1, -0.05) is 11.6 Å². The van der Waals surface area contributed by atoms with Crippen LogP contribution in [0.15, 0.2) is 18.2 Å². The number of pyridine rings is 1. The normalized spacial score (nSPS) is 11.6. The quantitative estimate of drug-likeness (QED) is 0.431. The summed E-state index contributed by atoms with van der Waals surface area (Å²) in [7, 11) is 0. The molecule has 1 aromatic heterocycles. The maximum Gasteiger partial charge on any atom is 0.434 e. The number of hydrogen-bond donors (Lipinski definition) is 0. The van der Waals surface area contributed by atoms with Crippen LogP contribution >= 0.6 is 34.2 Å². The van der Waals surface area contributed by atoms with Crippen molar-refractivity contribution in [3.8, 4) is 11.6 Å². The van der Waals surface area contributed by atoms with E-state index < -0.39 is 34.4 Å². The van der Waals surface area contributed by atoms with E-state index in [2.05, 4.69) is 4.98 Å². The molecule has 2 rings (SSSR count). The zero-order chi connectivity index (χ0) is 16.7. The molecule has 0 saturated carbocycles. The van der Waals surface area contributed by atoms with Crippen LogP contribution in [0.1, 0.15) is 11.3 Å². The molecule has 0 radical (unpaired) electrons. The first-order valence-electron chi connectivity index (χ1n) is 5.67. The molecular formula is C13H6ClF5INO. The SMILES string of the molecule is Cc1c(Oc2nc(C(F)(F)F)c(Cl)cc2I)ccc(F)c1F. The summed E-state index contributed by atoms with van der Waals surface area (Å²) in [5, 5.41) is -0.578. The fraction of sp³-hybridized carbons (Fsp3) is 0.154. The molecule has 1 aromatic carbocycles. The van der Waals surface area contributed by atoms with Crippen LogP contribution in [0.5, 0.6) is 11.6 Å². The monoisotopic (exact) mass is 449 g/mol. The Morgan fingerprint density at radius 2 is 1.86 bits per heavy atom. The van der Waals surface area contributed by atoms with E-state index in [1.165, 1.54) is 6.92 Å². The maximum absolute atomic E-state index is 13.4. The molecule has 9 heteroatoms. The van der Waals surface area contributed by atoms with Crippen molar-refractivity contribution in [3.05, 3.63) is 49.7 Å². The molecule has 2 aromatic rings. The van der Waals surface area contributed by atoms with E-state index in [1.807, 2.05) is 0 Å². The minimum absolute atomic E-state index is 0.139. The summed E-state index contributed by atoms with van der Waals surface area (Å²) < 4.78 is 70.2. The van der Waals surface area contributed by atoms with Gasteiger partial charge in [-0.3, -0.25) is 0 Å². The molecule has 0 amide bonds. The molecule has 0 aliphatic rings. The predicted octanol–water partition coefficient (Wildman–Crippen LogP) is 5.74. The molecule has 0 aliphatic carbocycles. The van der Waals surface area contributed by atoms with Crippen molar-refractivity contribution in [2.45, 2.75) is 13.1 Å². The molecular weight excluding hydrogens is 443 g/mol. The average molecular weight is 450 g/mol. The van der Waals surface area contributed by atoms with Gasteiger partial charge in [0.1, 0.15) is 5.75 Å². The Bertz CT molecular complexity index is 735. The summed E-state index contributed by atoms with van der Waals surface area (Å²) in [6, 6.07) is 2.95. The summed E-state index contributed by atoms with van der Waals surface area (Å²) in [5.41, 5.74) is -1.49. The van der Waals surface area contributed by atoms with Gasteiger partial charge in [0.25, 0.3) is 0 Å². The second kappa shape index (κ2) is 6.15. The minimum atomic E-state index is -4.76. The van der Waals surface area contributed by atoms with E-state index in [-0.39, 0.29) is 14.9 Å². The first-order valence-corrected chi connectivity index (χ1v) is 7.12. The first-order chi connectivity index (χ1) is 10.1. The summed E-state index contributed by atoms with van der Waals surface area (Å²) in [6.45, 7) is 1.24. The molecule has 0 bridgehead atoms. The van der Waals surface area contributed by atoms with Crippen molar-refractivity contribution in [2.75, 3.05) is 0 Å². The highest BCUT2D eigenvalue weighted by Crippen LogP contribution is 2.38. The van der Waals surface area contributed by atoms with Gasteiger partial charge in [-0.2, -0.15) is 13.2 Å². The second-order valence-corrected chi connectivity index (χ2v) is 5.76. The lowest BCUT2D eigenvalue weighted by Gasteiger charge is -2.13. The molecule has 1 heterocycles. The van der Waals surface area contributed by atoms with Crippen LogP contribution in [0, 0.1) is 22.1 Å². The van der Waals surface area contributed by atoms with E-state index in [1.54, 1.807) is 22.6 Å². The third kappa shape index (κ3) is 3.43. The lowest BCUT2D eigenvalue weighted by molar-refractivity contribution is -0.141. The van der Waals surface area contributed by atoms with E-state index in [0.717, 1.165) is 18.2 Å². The summed E-state index contributed by atoms with van der Waals surface area (Å²) in [5.74, 6) is -2.76. The highest BCUT2D eigenvalue weighted by atomic mass is 127. The molecule has 118 valence electrons. The van der Waals surface area contributed by atoms with E-state index in [9.17, 15) is 22.0 Å². The van der Waals surface area contributed by atoms with Gasteiger partial charge < -0.3 is 4.74 Å². The first kappa shape index (κ1) is 17.2. The van der Waals surface area contributed by atoms with Gasteiger partial charge >= 0.3 is 6.18 Å². The van der Waals surface area contributed by atoms with Crippen molar-refractivity contribution >= 4 is 34.2 Å². The summed E-state index contributed by atoms with van der Waals surface area (Å²) in [4.78, 5) is 3.33. The lowest BCUT2D eigenvalue weighted by atomic mass is 10.2. The van der Waals surface area contributed by atoms with Crippen LogP contribution in [-0.4, -0.2) is 4.98 Å². The lowest BCUT2D eigenvalue weighted by Crippen LogP contribution is -2.10. The molecule has 0 spiro atoms. The number of alkyl halides is 3. The molecule has 0 unspecified atom stereocenters. The van der Waals surface area contributed by atoms with Gasteiger partial charge in [-0.15, -0.1) is 0 Å².